The van der Waals surface area contributed by atoms with Gasteiger partial charge < -0.3 is 10.1 Å². The van der Waals surface area contributed by atoms with Gasteiger partial charge in [0.1, 0.15) is 24.0 Å². The van der Waals surface area contributed by atoms with Crippen LogP contribution in [0.1, 0.15) is 29.7 Å². The summed E-state index contributed by atoms with van der Waals surface area (Å²) in [5.41, 5.74) is 2.40. The molecule has 3 aromatic rings. The van der Waals surface area contributed by atoms with Crippen molar-refractivity contribution in [1.29, 1.82) is 5.26 Å². The Labute approximate surface area is 195 Å². The van der Waals surface area contributed by atoms with Crippen molar-refractivity contribution in [3.63, 3.8) is 0 Å². The van der Waals surface area contributed by atoms with Gasteiger partial charge in [0, 0.05) is 20.6 Å². The lowest BCUT2D eigenvalue weighted by atomic mass is 10.1. The molecule has 0 aromatic heterocycles. The van der Waals surface area contributed by atoms with Crippen LogP contribution in [0.25, 0.3) is 6.08 Å². The zero-order chi connectivity index (χ0) is 22.2. The smallest absolute Gasteiger partial charge is 0.262 e. The van der Waals surface area contributed by atoms with Crippen molar-refractivity contribution in [2.24, 2.45) is 0 Å². The first-order valence-electron chi connectivity index (χ1n) is 9.61. The minimum Gasteiger partial charge on any atom is -0.488 e. The van der Waals surface area contributed by atoms with Crippen molar-refractivity contribution in [3.8, 4) is 11.8 Å². The van der Waals surface area contributed by atoms with E-state index in [1.54, 1.807) is 18.2 Å². The highest BCUT2D eigenvalue weighted by Crippen LogP contribution is 2.27. The van der Waals surface area contributed by atoms with E-state index in [9.17, 15) is 10.1 Å². The second-order valence-electron chi connectivity index (χ2n) is 6.84. The van der Waals surface area contributed by atoms with E-state index in [0.717, 1.165) is 15.6 Å². The summed E-state index contributed by atoms with van der Waals surface area (Å²) in [6.45, 7) is 2.14. The maximum atomic E-state index is 12.7. The molecule has 4 nitrogen and oxygen atoms in total. The Kier molecular flexibility index (Phi) is 7.88. The third-order valence-electron chi connectivity index (χ3n) is 4.62. The maximum Gasteiger partial charge on any atom is 0.262 e. The number of ether oxygens (including phenoxy) is 1. The normalized spacial score (nSPS) is 12.0. The molecule has 0 unspecified atom stereocenters. The third-order valence-corrected chi connectivity index (χ3v) is 5.49. The molecule has 0 aliphatic rings. The topological polar surface area (TPSA) is 62.1 Å². The number of carbonyl (C=O) groups excluding carboxylic acids is 1. The van der Waals surface area contributed by atoms with Gasteiger partial charge in [0.15, 0.2) is 0 Å². The van der Waals surface area contributed by atoms with Gasteiger partial charge in [-0.25, -0.2) is 0 Å². The zero-order valence-electron chi connectivity index (χ0n) is 16.8. The lowest BCUT2D eigenvalue weighted by molar-refractivity contribution is -0.117. The summed E-state index contributed by atoms with van der Waals surface area (Å²) in [6.07, 6.45) is 1.53. The third kappa shape index (κ3) is 6.21. The molecule has 1 atom stereocenters. The first kappa shape index (κ1) is 22.6. The molecule has 156 valence electrons. The molecule has 0 aliphatic heterocycles. The van der Waals surface area contributed by atoms with Gasteiger partial charge in [-0.05, 0) is 42.8 Å². The van der Waals surface area contributed by atoms with Gasteiger partial charge in [0.25, 0.3) is 5.91 Å². The Balaban J connectivity index is 1.81. The van der Waals surface area contributed by atoms with Crippen LogP contribution in [0.4, 0.5) is 0 Å². The van der Waals surface area contributed by atoms with Crippen LogP contribution in [-0.4, -0.2) is 5.91 Å². The van der Waals surface area contributed by atoms with Crippen LogP contribution in [-0.2, 0) is 11.4 Å². The van der Waals surface area contributed by atoms with Crippen LogP contribution in [0.2, 0.25) is 5.02 Å². The van der Waals surface area contributed by atoms with Crippen molar-refractivity contribution in [1.82, 2.24) is 5.32 Å². The number of hydrogen-bond donors (Lipinski definition) is 1. The van der Waals surface area contributed by atoms with Gasteiger partial charge >= 0.3 is 0 Å². The number of amides is 1. The molecule has 1 amide bonds. The summed E-state index contributed by atoms with van der Waals surface area (Å²) in [4.78, 5) is 12.7. The molecule has 0 aliphatic carbocycles. The summed E-state index contributed by atoms with van der Waals surface area (Å²) >= 11 is 9.64. The van der Waals surface area contributed by atoms with Gasteiger partial charge in [-0.15, -0.1) is 0 Å². The van der Waals surface area contributed by atoms with Crippen molar-refractivity contribution >= 4 is 39.5 Å². The summed E-state index contributed by atoms with van der Waals surface area (Å²) in [5.74, 6) is 0.0932. The predicted molar refractivity (Wildman–Crippen MR) is 127 cm³/mol. The highest BCUT2D eigenvalue weighted by atomic mass is 79.9. The number of carbonyl (C=O) groups is 1. The molecule has 3 aromatic carbocycles. The van der Waals surface area contributed by atoms with Crippen LogP contribution in [0.15, 0.2) is 82.8 Å². The second kappa shape index (κ2) is 10.8. The maximum absolute atomic E-state index is 12.7. The van der Waals surface area contributed by atoms with Gasteiger partial charge in [-0.2, -0.15) is 5.26 Å². The fraction of sp³-hybridized carbons (Fsp3) is 0.120. The molecule has 0 spiro atoms. The number of benzene rings is 3. The van der Waals surface area contributed by atoms with E-state index in [1.165, 1.54) is 6.08 Å². The van der Waals surface area contributed by atoms with Crippen LogP contribution < -0.4 is 10.1 Å². The molecule has 0 heterocycles. The molecule has 0 saturated carbocycles. The molecule has 1 N–H and O–H groups in total. The van der Waals surface area contributed by atoms with Gasteiger partial charge in [0.2, 0.25) is 0 Å². The Morgan fingerprint density at radius 2 is 1.87 bits per heavy atom. The molecular formula is C25H20BrClN2O2. The van der Waals surface area contributed by atoms with E-state index in [4.69, 9.17) is 16.3 Å². The standard InChI is InChI=1S/C25H20BrClN2O2/c1-17(18-7-3-2-4-8-18)29-25(30)21(15-28)13-20-14-22(26)11-12-24(20)31-16-19-9-5-6-10-23(19)27/h2-14,17H,16H2,1H3,(H,29,30)/b21-13-/t17-/m0/s1. The predicted octanol–water partition coefficient (Wildman–Crippen LogP) is 6.47. The van der Waals surface area contributed by atoms with Crippen LogP contribution in [0, 0.1) is 11.3 Å². The molecule has 0 fully saturated rings. The van der Waals surface area contributed by atoms with Gasteiger partial charge in [0.05, 0.1) is 6.04 Å². The van der Waals surface area contributed by atoms with E-state index in [0.29, 0.717) is 16.3 Å². The fourth-order valence-electron chi connectivity index (χ4n) is 2.94. The van der Waals surface area contributed by atoms with Crippen molar-refractivity contribution < 1.29 is 9.53 Å². The number of nitriles is 1. The lowest BCUT2D eigenvalue weighted by Crippen LogP contribution is -2.27. The quantitative estimate of drug-likeness (QED) is 0.302. The average Bonchev–Trinajstić information content (AvgIpc) is 2.78. The minimum absolute atomic E-state index is 0.0107. The summed E-state index contributed by atoms with van der Waals surface area (Å²) in [6, 6.07) is 24.2. The molecule has 3 rings (SSSR count). The summed E-state index contributed by atoms with van der Waals surface area (Å²) in [7, 11) is 0. The van der Waals surface area contributed by atoms with E-state index in [1.807, 2.05) is 67.6 Å². The number of nitrogens with one attached hydrogen (secondary N) is 1. The Bertz CT molecular complexity index is 1140. The SMILES string of the molecule is C[C@H](NC(=O)/C(C#N)=C\c1cc(Br)ccc1OCc1ccccc1Cl)c1ccccc1. The molecule has 31 heavy (non-hydrogen) atoms. The highest BCUT2D eigenvalue weighted by Gasteiger charge is 2.15. The first-order valence-corrected chi connectivity index (χ1v) is 10.8. The zero-order valence-corrected chi connectivity index (χ0v) is 19.2. The van der Waals surface area contributed by atoms with E-state index in [2.05, 4.69) is 21.2 Å². The Morgan fingerprint density at radius 3 is 2.58 bits per heavy atom. The number of hydrogen-bond acceptors (Lipinski definition) is 3. The van der Waals surface area contributed by atoms with E-state index in [-0.39, 0.29) is 18.2 Å². The second-order valence-corrected chi connectivity index (χ2v) is 8.16. The summed E-state index contributed by atoms with van der Waals surface area (Å²) < 4.78 is 6.75. The van der Waals surface area contributed by atoms with E-state index >= 15 is 0 Å². The Morgan fingerprint density at radius 1 is 1.16 bits per heavy atom. The van der Waals surface area contributed by atoms with Crippen LogP contribution in [0.5, 0.6) is 5.75 Å². The van der Waals surface area contributed by atoms with Crippen LogP contribution >= 0.6 is 27.5 Å². The van der Waals surface area contributed by atoms with Crippen molar-refractivity contribution in [2.75, 3.05) is 0 Å². The molecule has 0 bridgehead atoms. The molecular weight excluding hydrogens is 476 g/mol. The monoisotopic (exact) mass is 494 g/mol. The Hall–Kier alpha value is -3.07. The lowest BCUT2D eigenvalue weighted by Gasteiger charge is -2.14. The molecule has 6 heteroatoms. The van der Waals surface area contributed by atoms with Crippen molar-refractivity contribution in [2.45, 2.75) is 19.6 Å². The van der Waals surface area contributed by atoms with Gasteiger partial charge in [-0.1, -0.05) is 76.1 Å². The minimum atomic E-state index is -0.448. The fourth-order valence-corrected chi connectivity index (χ4v) is 3.51. The van der Waals surface area contributed by atoms with Crippen molar-refractivity contribution in [3.05, 3.63) is 105 Å². The van der Waals surface area contributed by atoms with Crippen LogP contribution in [0.3, 0.4) is 0 Å². The van der Waals surface area contributed by atoms with Gasteiger partial charge in [-0.3, -0.25) is 4.79 Å². The number of nitrogens with zero attached hydrogens (tertiary/aromatic N) is 1. The first-order chi connectivity index (χ1) is 15.0. The molecule has 0 radical (unpaired) electrons. The summed E-state index contributed by atoms with van der Waals surface area (Å²) in [5, 5.41) is 13.1. The average molecular weight is 496 g/mol. The van der Waals surface area contributed by atoms with E-state index < -0.39 is 5.91 Å². The molecule has 0 saturated heterocycles. The number of halogens is 2. The highest BCUT2D eigenvalue weighted by molar-refractivity contribution is 9.10. The number of rotatable bonds is 7. The largest absolute Gasteiger partial charge is 0.488 e.